The van der Waals surface area contributed by atoms with Crippen molar-refractivity contribution in [2.45, 2.75) is 78.6 Å². The molecule has 1 aliphatic rings. The van der Waals surface area contributed by atoms with Gasteiger partial charge >= 0.3 is 5.97 Å². The highest BCUT2D eigenvalue weighted by Crippen LogP contribution is 2.32. The molecule has 1 aliphatic carbocycles. The lowest BCUT2D eigenvalue weighted by Gasteiger charge is -2.28. The Hall–Kier alpha value is -2.49. The van der Waals surface area contributed by atoms with Crippen molar-refractivity contribution in [2.75, 3.05) is 13.2 Å². The molecule has 4 heteroatoms. The maximum absolute atomic E-state index is 12.5. The highest BCUT2D eigenvalue weighted by Gasteiger charge is 2.21. The zero-order valence-electron chi connectivity index (χ0n) is 21.3. The van der Waals surface area contributed by atoms with Gasteiger partial charge in [-0.15, -0.1) is 0 Å². The Balaban J connectivity index is 1.38. The number of hydrogen-bond acceptors (Lipinski definition) is 4. The average Bonchev–Trinajstić information content (AvgIpc) is 2.88. The molecule has 0 bridgehead atoms. The molecular weight excluding hydrogens is 424 g/mol. The van der Waals surface area contributed by atoms with Gasteiger partial charge in [0, 0.05) is 0 Å². The summed E-state index contributed by atoms with van der Waals surface area (Å²) in [6.07, 6.45) is 11.8. The van der Waals surface area contributed by atoms with E-state index in [9.17, 15) is 4.79 Å². The lowest BCUT2D eigenvalue weighted by atomic mass is 9.80. The van der Waals surface area contributed by atoms with Gasteiger partial charge in [-0.3, -0.25) is 0 Å². The molecule has 1 atom stereocenters. The van der Waals surface area contributed by atoms with E-state index in [-0.39, 0.29) is 5.97 Å². The second-order valence-electron chi connectivity index (χ2n) is 9.90. The SMILES string of the molecule is CCCCCC1CCC(COc2ccc(OC(=O)c3ccc(OC[C@@H](C)CC)cc3)cc2)CC1. The minimum absolute atomic E-state index is 0.377. The van der Waals surface area contributed by atoms with Crippen LogP contribution in [0.25, 0.3) is 0 Å². The van der Waals surface area contributed by atoms with Crippen molar-refractivity contribution in [3.8, 4) is 17.2 Å². The van der Waals surface area contributed by atoms with E-state index in [0.29, 0.717) is 29.8 Å². The Morgan fingerprint density at radius 1 is 0.824 bits per heavy atom. The van der Waals surface area contributed by atoms with Crippen LogP contribution in [-0.2, 0) is 0 Å². The maximum atomic E-state index is 12.5. The van der Waals surface area contributed by atoms with E-state index >= 15 is 0 Å². The molecule has 0 amide bonds. The predicted molar refractivity (Wildman–Crippen MR) is 138 cm³/mol. The summed E-state index contributed by atoms with van der Waals surface area (Å²) in [5, 5.41) is 0. The molecule has 0 spiro atoms. The number of benzene rings is 2. The molecule has 2 aromatic carbocycles. The van der Waals surface area contributed by atoms with E-state index in [1.54, 1.807) is 24.3 Å². The number of ether oxygens (including phenoxy) is 3. The fraction of sp³-hybridized carbons (Fsp3) is 0.567. The van der Waals surface area contributed by atoms with Gasteiger partial charge in [0.25, 0.3) is 0 Å². The Bertz CT molecular complexity index is 835. The molecule has 0 unspecified atom stereocenters. The van der Waals surface area contributed by atoms with Crippen LogP contribution in [0.15, 0.2) is 48.5 Å². The Labute approximate surface area is 206 Å². The highest BCUT2D eigenvalue weighted by molar-refractivity contribution is 5.91. The van der Waals surface area contributed by atoms with Crippen LogP contribution >= 0.6 is 0 Å². The van der Waals surface area contributed by atoms with Gasteiger partial charge in [0.15, 0.2) is 0 Å². The second kappa shape index (κ2) is 14.0. The monoisotopic (exact) mass is 466 g/mol. The van der Waals surface area contributed by atoms with Crippen LogP contribution in [0.3, 0.4) is 0 Å². The third-order valence-electron chi connectivity index (χ3n) is 7.02. The highest BCUT2D eigenvalue weighted by atomic mass is 16.5. The van der Waals surface area contributed by atoms with Gasteiger partial charge in [0.1, 0.15) is 17.2 Å². The molecule has 4 nitrogen and oxygen atoms in total. The number of hydrogen-bond donors (Lipinski definition) is 0. The van der Waals surface area contributed by atoms with E-state index in [2.05, 4.69) is 20.8 Å². The van der Waals surface area contributed by atoms with E-state index in [0.717, 1.165) is 30.4 Å². The maximum Gasteiger partial charge on any atom is 0.343 e. The summed E-state index contributed by atoms with van der Waals surface area (Å²) in [6, 6.07) is 14.5. The van der Waals surface area contributed by atoms with Crippen LogP contribution in [0.5, 0.6) is 17.2 Å². The summed E-state index contributed by atoms with van der Waals surface area (Å²) in [5.74, 6) is 3.81. The first-order chi connectivity index (χ1) is 16.6. The summed E-state index contributed by atoms with van der Waals surface area (Å²) in [6.45, 7) is 8.02. The molecule has 3 rings (SSSR count). The van der Waals surface area contributed by atoms with Crippen LogP contribution in [-0.4, -0.2) is 19.2 Å². The van der Waals surface area contributed by atoms with Crippen LogP contribution in [0.2, 0.25) is 0 Å². The second-order valence-corrected chi connectivity index (χ2v) is 9.90. The van der Waals surface area contributed by atoms with Crippen molar-refractivity contribution in [3.63, 3.8) is 0 Å². The molecule has 1 saturated carbocycles. The van der Waals surface area contributed by atoms with E-state index < -0.39 is 0 Å². The third kappa shape index (κ3) is 8.70. The summed E-state index contributed by atoms with van der Waals surface area (Å²) < 4.78 is 17.3. The molecule has 0 saturated heterocycles. The molecule has 34 heavy (non-hydrogen) atoms. The summed E-state index contributed by atoms with van der Waals surface area (Å²) in [4.78, 5) is 12.5. The average molecular weight is 467 g/mol. The molecule has 0 heterocycles. The van der Waals surface area contributed by atoms with Gasteiger partial charge < -0.3 is 14.2 Å². The zero-order chi connectivity index (χ0) is 24.2. The molecule has 2 aromatic rings. The fourth-order valence-corrected chi connectivity index (χ4v) is 4.40. The molecule has 0 N–H and O–H groups in total. The van der Waals surface area contributed by atoms with Crippen molar-refractivity contribution in [2.24, 2.45) is 17.8 Å². The zero-order valence-corrected chi connectivity index (χ0v) is 21.3. The molecule has 0 radical (unpaired) electrons. The smallest absolute Gasteiger partial charge is 0.343 e. The van der Waals surface area contributed by atoms with E-state index in [4.69, 9.17) is 14.2 Å². The molecule has 186 valence electrons. The van der Waals surface area contributed by atoms with Crippen LogP contribution in [0.1, 0.15) is 88.9 Å². The Morgan fingerprint density at radius 2 is 1.41 bits per heavy atom. The standard InChI is InChI=1S/C30H42O4/c1-4-6-7-8-24-9-11-25(12-10-24)22-33-28-17-19-29(20-18-28)34-30(31)26-13-15-27(16-14-26)32-21-23(3)5-2/h13-20,23-25H,4-12,21-22H2,1-3H3/t23-,24?,25?/m0/s1. The van der Waals surface area contributed by atoms with Crippen LogP contribution in [0, 0.1) is 17.8 Å². The quantitative estimate of drug-likeness (QED) is 0.170. The molecule has 0 aliphatic heterocycles. The van der Waals surface area contributed by atoms with Gasteiger partial charge in [-0.05, 0) is 79.1 Å². The Kier molecular flexibility index (Phi) is 10.8. The van der Waals surface area contributed by atoms with Crippen molar-refractivity contribution in [1.82, 2.24) is 0 Å². The van der Waals surface area contributed by atoms with Gasteiger partial charge in [-0.25, -0.2) is 4.79 Å². The van der Waals surface area contributed by atoms with Crippen molar-refractivity contribution >= 4 is 5.97 Å². The molecule has 1 fully saturated rings. The van der Waals surface area contributed by atoms with E-state index in [1.165, 1.54) is 51.4 Å². The number of rotatable bonds is 13. The lowest BCUT2D eigenvalue weighted by molar-refractivity contribution is 0.0734. The van der Waals surface area contributed by atoms with Crippen molar-refractivity contribution < 1.29 is 19.0 Å². The number of esters is 1. The van der Waals surface area contributed by atoms with Crippen molar-refractivity contribution in [1.29, 1.82) is 0 Å². The topological polar surface area (TPSA) is 44.8 Å². The van der Waals surface area contributed by atoms with Gasteiger partial charge in [0.2, 0.25) is 0 Å². The minimum Gasteiger partial charge on any atom is -0.493 e. The number of unbranched alkanes of at least 4 members (excludes halogenated alkanes) is 2. The van der Waals surface area contributed by atoms with Gasteiger partial charge in [-0.2, -0.15) is 0 Å². The van der Waals surface area contributed by atoms with Gasteiger partial charge in [0.05, 0.1) is 18.8 Å². The number of carbonyl (C=O) groups excluding carboxylic acids is 1. The summed E-state index contributed by atoms with van der Waals surface area (Å²) >= 11 is 0. The lowest BCUT2D eigenvalue weighted by Crippen LogP contribution is -2.20. The first-order valence-electron chi connectivity index (χ1n) is 13.2. The molecule has 0 aromatic heterocycles. The minimum atomic E-state index is -0.377. The number of carbonyl (C=O) groups is 1. The van der Waals surface area contributed by atoms with Crippen LogP contribution in [0.4, 0.5) is 0 Å². The Morgan fingerprint density at radius 3 is 2.06 bits per heavy atom. The fourth-order valence-electron chi connectivity index (χ4n) is 4.40. The van der Waals surface area contributed by atoms with E-state index in [1.807, 2.05) is 24.3 Å². The van der Waals surface area contributed by atoms with Crippen LogP contribution < -0.4 is 14.2 Å². The predicted octanol–water partition coefficient (Wildman–Crippen LogP) is 8.10. The first kappa shape index (κ1) is 26.1. The normalized spacial score (nSPS) is 18.8. The summed E-state index contributed by atoms with van der Waals surface area (Å²) in [7, 11) is 0. The largest absolute Gasteiger partial charge is 0.493 e. The summed E-state index contributed by atoms with van der Waals surface area (Å²) in [5.41, 5.74) is 0.501. The molecular formula is C30H42O4. The first-order valence-corrected chi connectivity index (χ1v) is 13.2. The van der Waals surface area contributed by atoms with Gasteiger partial charge in [-0.1, -0.05) is 65.7 Å². The third-order valence-corrected chi connectivity index (χ3v) is 7.02. The van der Waals surface area contributed by atoms with Crippen molar-refractivity contribution in [3.05, 3.63) is 54.1 Å².